The molecule has 156 valence electrons. The number of furan rings is 1. The zero-order valence-corrected chi connectivity index (χ0v) is 16.9. The van der Waals surface area contributed by atoms with Crippen molar-refractivity contribution < 1.29 is 22.3 Å². The minimum Gasteiger partial charge on any atom is -0.490 e. The molecule has 0 spiro atoms. The zero-order chi connectivity index (χ0) is 21.0. The molecule has 0 saturated heterocycles. The summed E-state index contributed by atoms with van der Waals surface area (Å²) in [5, 5.41) is 8.37. The van der Waals surface area contributed by atoms with Crippen LogP contribution in [0.15, 0.2) is 39.1 Å². The number of nitrogens with zero attached hydrogens (tertiary/aromatic N) is 2. The number of aliphatic imine (C=N–C) groups is 1. The van der Waals surface area contributed by atoms with Gasteiger partial charge < -0.3 is 19.8 Å². The molecule has 2 heterocycles. The van der Waals surface area contributed by atoms with Crippen molar-refractivity contribution in [2.24, 2.45) is 4.99 Å². The SMILES string of the molecule is CCOc1cccc2cc(C(C)NC(=NC)NCc3nc(C(F)(F)F)cs3)oc12. The number of ether oxygens (including phenoxy) is 1. The Kier molecular flexibility index (Phi) is 6.31. The van der Waals surface area contributed by atoms with Crippen molar-refractivity contribution in [1.82, 2.24) is 15.6 Å². The highest BCUT2D eigenvalue weighted by molar-refractivity contribution is 7.09. The lowest BCUT2D eigenvalue weighted by Gasteiger charge is -2.15. The lowest BCUT2D eigenvalue weighted by atomic mass is 10.2. The van der Waals surface area contributed by atoms with Crippen LogP contribution in [-0.2, 0) is 12.7 Å². The number of benzene rings is 1. The summed E-state index contributed by atoms with van der Waals surface area (Å²) < 4.78 is 49.5. The number of nitrogens with one attached hydrogen (secondary N) is 2. The van der Waals surface area contributed by atoms with E-state index < -0.39 is 11.9 Å². The maximum absolute atomic E-state index is 12.7. The molecule has 0 radical (unpaired) electrons. The standard InChI is InChI=1S/C19H21F3N4O2S/c1-4-27-13-7-5-6-12-8-14(28-17(12)13)11(2)25-18(23-3)24-9-16-26-15(10-29-16)19(20,21)22/h5-8,10-11H,4,9H2,1-3H3,(H2,23,24,25). The second-order valence-electron chi connectivity index (χ2n) is 6.17. The van der Waals surface area contributed by atoms with Crippen LogP contribution in [0.4, 0.5) is 13.2 Å². The van der Waals surface area contributed by atoms with Gasteiger partial charge >= 0.3 is 6.18 Å². The molecule has 0 fully saturated rings. The number of para-hydroxylation sites is 1. The van der Waals surface area contributed by atoms with Gasteiger partial charge in [-0.25, -0.2) is 4.98 Å². The molecule has 1 aromatic carbocycles. The number of alkyl halides is 3. The summed E-state index contributed by atoms with van der Waals surface area (Å²) in [6.07, 6.45) is -4.44. The number of rotatable bonds is 6. The van der Waals surface area contributed by atoms with Crippen LogP contribution in [0, 0.1) is 0 Å². The van der Waals surface area contributed by atoms with Crippen LogP contribution < -0.4 is 15.4 Å². The Hall–Kier alpha value is -2.75. The zero-order valence-electron chi connectivity index (χ0n) is 16.1. The van der Waals surface area contributed by atoms with Crippen molar-refractivity contribution in [1.29, 1.82) is 0 Å². The van der Waals surface area contributed by atoms with Gasteiger partial charge in [0.2, 0.25) is 0 Å². The van der Waals surface area contributed by atoms with Gasteiger partial charge in [-0.3, -0.25) is 4.99 Å². The maximum atomic E-state index is 12.7. The number of aromatic nitrogens is 1. The third-order valence-electron chi connectivity index (χ3n) is 4.08. The van der Waals surface area contributed by atoms with Gasteiger partial charge in [-0.15, -0.1) is 11.3 Å². The average molecular weight is 426 g/mol. The molecule has 0 aliphatic carbocycles. The van der Waals surface area contributed by atoms with E-state index in [1.165, 1.54) is 0 Å². The Bertz CT molecular complexity index is 997. The number of guanidine groups is 1. The topological polar surface area (TPSA) is 71.7 Å². The number of hydrogen-bond donors (Lipinski definition) is 2. The quantitative estimate of drug-likeness (QED) is 0.440. The highest BCUT2D eigenvalue weighted by atomic mass is 32.1. The van der Waals surface area contributed by atoms with Gasteiger partial charge in [0, 0.05) is 17.8 Å². The minimum absolute atomic E-state index is 0.127. The number of thiazole rings is 1. The third-order valence-corrected chi connectivity index (χ3v) is 4.93. The van der Waals surface area contributed by atoms with E-state index in [2.05, 4.69) is 20.6 Å². The summed E-state index contributed by atoms with van der Waals surface area (Å²) in [7, 11) is 1.58. The van der Waals surface area contributed by atoms with Crippen LogP contribution in [0.25, 0.3) is 11.0 Å². The van der Waals surface area contributed by atoms with Gasteiger partial charge in [0.15, 0.2) is 23.0 Å². The first-order chi connectivity index (χ1) is 13.8. The molecule has 3 aromatic rings. The molecule has 0 aliphatic heterocycles. The maximum Gasteiger partial charge on any atom is 0.434 e. The van der Waals surface area contributed by atoms with Crippen molar-refractivity contribution in [3.05, 3.63) is 46.1 Å². The van der Waals surface area contributed by atoms with E-state index in [4.69, 9.17) is 9.15 Å². The molecule has 1 unspecified atom stereocenters. The van der Waals surface area contributed by atoms with Crippen molar-refractivity contribution in [3.8, 4) is 5.75 Å². The normalized spacial score (nSPS) is 13.5. The van der Waals surface area contributed by atoms with Crippen molar-refractivity contribution in [3.63, 3.8) is 0 Å². The smallest absolute Gasteiger partial charge is 0.434 e. The molecule has 6 nitrogen and oxygen atoms in total. The Morgan fingerprint density at radius 1 is 1.38 bits per heavy atom. The molecular weight excluding hydrogens is 405 g/mol. The lowest BCUT2D eigenvalue weighted by molar-refractivity contribution is -0.140. The fourth-order valence-corrected chi connectivity index (χ4v) is 3.43. The van der Waals surface area contributed by atoms with Crippen molar-refractivity contribution in [2.45, 2.75) is 32.6 Å². The summed E-state index contributed by atoms with van der Waals surface area (Å²) >= 11 is 0.945. The van der Waals surface area contributed by atoms with Gasteiger partial charge in [-0.2, -0.15) is 13.2 Å². The van der Waals surface area contributed by atoms with Crippen LogP contribution in [-0.4, -0.2) is 24.6 Å². The molecule has 2 aromatic heterocycles. The molecule has 0 bridgehead atoms. The first kappa shape index (κ1) is 21.0. The van der Waals surface area contributed by atoms with Gasteiger partial charge in [0.1, 0.15) is 10.8 Å². The van der Waals surface area contributed by atoms with E-state index in [-0.39, 0.29) is 12.6 Å². The minimum atomic E-state index is -4.44. The Balaban J connectivity index is 1.65. The summed E-state index contributed by atoms with van der Waals surface area (Å²) in [4.78, 5) is 7.70. The summed E-state index contributed by atoms with van der Waals surface area (Å²) in [6.45, 7) is 4.47. The number of hydrogen-bond acceptors (Lipinski definition) is 5. The molecule has 0 saturated carbocycles. The van der Waals surface area contributed by atoms with Crippen molar-refractivity contribution in [2.75, 3.05) is 13.7 Å². The summed E-state index contributed by atoms with van der Waals surface area (Å²) in [6, 6.07) is 7.37. The molecule has 0 aliphatic rings. The Labute approximate surface area is 169 Å². The molecular formula is C19H21F3N4O2S. The van der Waals surface area contributed by atoms with E-state index >= 15 is 0 Å². The molecule has 10 heteroatoms. The van der Waals surface area contributed by atoms with Crippen LogP contribution in [0.2, 0.25) is 0 Å². The fourth-order valence-electron chi connectivity index (χ4n) is 2.69. The largest absolute Gasteiger partial charge is 0.490 e. The van der Waals surface area contributed by atoms with Crippen LogP contribution in [0.1, 0.15) is 36.4 Å². The van der Waals surface area contributed by atoms with Gasteiger partial charge in [0.25, 0.3) is 0 Å². The lowest BCUT2D eigenvalue weighted by Crippen LogP contribution is -2.38. The molecule has 0 amide bonds. The predicted octanol–water partition coefficient (Wildman–Crippen LogP) is 4.73. The Morgan fingerprint density at radius 2 is 2.17 bits per heavy atom. The number of fused-ring (bicyclic) bond motifs is 1. The highest BCUT2D eigenvalue weighted by Crippen LogP contribution is 2.31. The fraction of sp³-hybridized carbons (Fsp3) is 0.368. The first-order valence-electron chi connectivity index (χ1n) is 8.95. The summed E-state index contributed by atoms with van der Waals surface area (Å²) in [5.41, 5.74) is -0.216. The van der Waals surface area contributed by atoms with Crippen LogP contribution >= 0.6 is 11.3 Å². The van der Waals surface area contributed by atoms with E-state index in [1.54, 1.807) is 7.05 Å². The second kappa shape index (κ2) is 8.73. The van der Waals surface area contributed by atoms with Crippen molar-refractivity contribution >= 4 is 28.3 Å². The third kappa shape index (κ3) is 5.00. The second-order valence-corrected chi connectivity index (χ2v) is 7.11. The monoisotopic (exact) mass is 426 g/mol. The van der Waals surface area contributed by atoms with Gasteiger partial charge in [-0.1, -0.05) is 12.1 Å². The highest BCUT2D eigenvalue weighted by Gasteiger charge is 2.33. The van der Waals surface area contributed by atoms with Crippen LogP contribution in [0.5, 0.6) is 5.75 Å². The number of halogens is 3. The van der Waals surface area contributed by atoms with Crippen LogP contribution in [0.3, 0.4) is 0 Å². The van der Waals surface area contributed by atoms with E-state index in [1.807, 2.05) is 38.1 Å². The molecule has 1 atom stereocenters. The molecule has 29 heavy (non-hydrogen) atoms. The summed E-state index contributed by atoms with van der Waals surface area (Å²) in [5.74, 6) is 1.78. The molecule has 2 N–H and O–H groups in total. The van der Waals surface area contributed by atoms with Gasteiger partial charge in [-0.05, 0) is 26.0 Å². The van der Waals surface area contributed by atoms with Gasteiger partial charge in [0.05, 0.1) is 19.2 Å². The predicted molar refractivity (Wildman–Crippen MR) is 106 cm³/mol. The Morgan fingerprint density at radius 3 is 2.83 bits per heavy atom. The van der Waals surface area contributed by atoms with E-state index in [0.717, 1.165) is 22.1 Å². The average Bonchev–Trinajstić information content (AvgIpc) is 3.32. The molecule has 3 rings (SSSR count). The first-order valence-corrected chi connectivity index (χ1v) is 9.83. The van der Waals surface area contributed by atoms with E-state index in [9.17, 15) is 13.2 Å². The van der Waals surface area contributed by atoms with E-state index in [0.29, 0.717) is 34.7 Å².